The molecule has 0 aliphatic heterocycles. The average Bonchev–Trinajstić information content (AvgIpc) is 2.89. The van der Waals surface area contributed by atoms with Crippen LogP contribution in [-0.4, -0.2) is 41.1 Å². The number of H-pyrrole nitrogens is 1. The van der Waals surface area contributed by atoms with Crippen molar-refractivity contribution in [2.24, 2.45) is 5.10 Å². The van der Waals surface area contributed by atoms with Gasteiger partial charge in [0.15, 0.2) is 10.9 Å². The molecule has 2 aromatic rings. The van der Waals surface area contributed by atoms with Crippen LogP contribution in [-0.2, 0) is 4.74 Å². The largest absolute Gasteiger partial charge is 0.383 e. The lowest BCUT2D eigenvalue weighted by Crippen LogP contribution is -2.34. The molecule has 0 atom stereocenters. The number of thiocarbonyl (C=S) groups is 1. The maximum absolute atomic E-state index is 5.08. The lowest BCUT2D eigenvalue weighted by atomic mass is 10.3. The van der Waals surface area contributed by atoms with Gasteiger partial charge in [0, 0.05) is 13.7 Å². The molecule has 0 aliphatic carbocycles. The molecule has 3 N–H and O–H groups in total. The molecule has 1 aromatic carbocycles. The summed E-state index contributed by atoms with van der Waals surface area (Å²) < 4.78 is 4.92. The predicted molar refractivity (Wildman–Crippen MR) is 83.9 cm³/mol. The standard InChI is InChI=1S/C13H17N5OS/c1-9(17-18-13(20)14-7-8-19-2)12-15-10-5-3-4-6-11(10)16-12/h3-6H,7-8H2,1-2H3,(H,15,16)(H2,14,18,20)/b17-9+. The summed E-state index contributed by atoms with van der Waals surface area (Å²) in [4.78, 5) is 7.66. The van der Waals surface area contributed by atoms with Crippen molar-refractivity contribution in [3.8, 4) is 0 Å². The highest BCUT2D eigenvalue weighted by Gasteiger charge is 2.05. The molecule has 0 amide bonds. The van der Waals surface area contributed by atoms with Crippen molar-refractivity contribution < 1.29 is 4.74 Å². The highest BCUT2D eigenvalue weighted by Crippen LogP contribution is 2.10. The Labute approximate surface area is 122 Å². The van der Waals surface area contributed by atoms with E-state index in [2.05, 4.69) is 25.8 Å². The number of imidazole rings is 1. The molecular formula is C13H17N5OS. The summed E-state index contributed by atoms with van der Waals surface area (Å²) in [5.41, 5.74) is 5.41. The Bertz CT molecular complexity index is 589. The van der Waals surface area contributed by atoms with Crippen LogP contribution in [0.5, 0.6) is 0 Å². The smallest absolute Gasteiger partial charge is 0.187 e. The molecule has 1 aromatic heterocycles. The Balaban J connectivity index is 1.97. The number of hydrogen-bond donors (Lipinski definition) is 3. The lowest BCUT2D eigenvalue weighted by Gasteiger charge is -2.06. The molecule has 106 valence electrons. The zero-order valence-electron chi connectivity index (χ0n) is 11.4. The van der Waals surface area contributed by atoms with Gasteiger partial charge < -0.3 is 15.0 Å². The number of fused-ring (bicyclic) bond motifs is 1. The topological polar surface area (TPSA) is 74.3 Å². The third-order valence-electron chi connectivity index (χ3n) is 2.65. The molecule has 0 saturated carbocycles. The second-order valence-corrected chi connectivity index (χ2v) is 4.57. The molecule has 0 spiro atoms. The molecule has 0 fully saturated rings. The molecule has 0 saturated heterocycles. The first kappa shape index (κ1) is 14.4. The van der Waals surface area contributed by atoms with Gasteiger partial charge in [0.25, 0.3) is 0 Å². The summed E-state index contributed by atoms with van der Waals surface area (Å²) in [6.07, 6.45) is 0. The summed E-state index contributed by atoms with van der Waals surface area (Å²) >= 11 is 5.08. The molecule has 2 rings (SSSR count). The van der Waals surface area contributed by atoms with Crippen LogP contribution >= 0.6 is 12.2 Å². The maximum atomic E-state index is 5.08. The van der Waals surface area contributed by atoms with E-state index in [-0.39, 0.29) is 0 Å². The van der Waals surface area contributed by atoms with Gasteiger partial charge in [-0.2, -0.15) is 5.10 Å². The van der Waals surface area contributed by atoms with Gasteiger partial charge in [-0.1, -0.05) is 12.1 Å². The maximum Gasteiger partial charge on any atom is 0.187 e. The molecule has 0 bridgehead atoms. The van der Waals surface area contributed by atoms with E-state index in [1.807, 2.05) is 31.2 Å². The Morgan fingerprint density at radius 3 is 3.00 bits per heavy atom. The highest BCUT2D eigenvalue weighted by molar-refractivity contribution is 7.80. The first-order valence-corrected chi connectivity index (χ1v) is 6.63. The average molecular weight is 291 g/mol. The Morgan fingerprint density at radius 2 is 2.25 bits per heavy atom. The fraction of sp³-hybridized carbons (Fsp3) is 0.308. The number of nitrogens with one attached hydrogen (secondary N) is 3. The van der Waals surface area contributed by atoms with Crippen LogP contribution in [0.2, 0.25) is 0 Å². The number of methoxy groups -OCH3 is 1. The van der Waals surface area contributed by atoms with Crippen LogP contribution in [0.3, 0.4) is 0 Å². The predicted octanol–water partition coefficient (Wildman–Crippen LogP) is 1.40. The van der Waals surface area contributed by atoms with Gasteiger partial charge in [-0.3, -0.25) is 5.43 Å². The minimum Gasteiger partial charge on any atom is -0.383 e. The SMILES string of the molecule is COCCNC(=S)N/N=C(\C)c1nc2ccccc2[nH]1. The van der Waals surface area contributed by atoms with Crippen molar-refractivity contribution >= 4 is 34.1 Å². The fourth-order valence-electron chi connectivity index (χ4n) is 1.62. The minimum atomic E-state index is 0.456. The van der Waals surface area contributed by atoms with E-state index in [0.717, 1.165) is 22.6 Å². The van der Waals surface area contributed by atoms with Gasteiger partial charge in [0.1, 0.15) is 5.71 Å². The Kier molecular flexibility index (Phi) is 5.03. The van der Waals surface area contributed by atoms with Crippen LogP contribution in [0.4, 0.5) is 0 Å². The number of nitrogens with zero attached hydrogens (tertiary/aromatic N) is 2. The highest BCUT2D eigenvalue weighted by atomic mass is 32.1. The number of aromatic amines is 1. The third-order valence-corrected chi connectivity index (χ3v) is 2.88. The van der Waals surface area contributed by atoms with E-state index in [4.69, 9.17) is 17.0 Å². The Morgan fingerprint density at radius 1 is 1.45 bits per heavy atom. The summed E-state index contributed by atoms with van der Waals surface area (Å²) in [6.45, 7) is 3.10. The molecule has 0 unspecified atom stereocenters. The quantitative estimate of drug-likeness (QED) is 0.336. The number of benzene rings is 1. The van der Waals surface area contributed by atoms with E-state index < -0.39 is 0 Å². The van der Waals surface area contributed by atoms with Gasteiger partial charge in [-0.15, -0.1) is 0 Å². The summed E-state index contributed by atoms with van der Waals surface area (Å²) in [6, 6.07) is 7.84. The zero-order valence-corrected chi connectivity index (χ0v) is 12.3. The van der Waals surface area contributed by atoms with Crippen molar-refractivity contribution in [2.75, 3.05) is 20.3 Å². The molecule has 1 heterocycles. The normalized spacial score (nSPS) is 11.6. The molecular weight excluding hydrogens is 274 g/mol. The fourth-order valence-corrected chi connectivity index (χ4v) is 1.77. The number of hydrogen-bond acceptors (Lipinski definition) is 4. The second-order valence-electron chi connectivity index (χ2n) is 4.16. The van der Waals surface area contributed by atoms with Crippen molar-refractivity contribution in [1.82, 2.24) is 20.7 Å². The van der Waals surface area contributed by atoms with E-state index in [0.29, 0.717) is 18.3 Å². The molecule has 0 radical (unpaired) electrons. The van der Waals surface area contributed by atoms with Crippen LogP contribution in [0.1, 0.15) is 12.7 Å². The van der Waals surface area contributed by atoms with Gasteiger partial charge in [-0.05, 0) is 31.3 Å². The van der Waals surface area contributed by atoms with Crippen molar-refractivity contribution in [3.05, 3.63) is 30.1 Å². The van der Waals surface area contributed by atoms with E-state index >= 15 is 0 Å². The van der Waals surface area contributed by atoms with E-state index in [1.54, 1.807) is 7.11 Å². The first-order valence-electron chi connectivity index (χ1n) is 6.23. The second kappa shape index (κ2) is 6.97. The van der Waals surface area contributed by atoms with E-state index in [1.165, 1.54) is 0 Å². The van der Waals surface area contributed by atoms with Crippen molar-refractivity contribution in [3.63, 3.8) is 0 Å². The van der Waals surface area contributed by atoms with Gasteiger partial charge in [0.2, 0.25) is 0 Å². The molecule has 7 heteroatoms. The monoisotopic (exact) mass is 291 g/mol. The zero-order chi connectivity index (χ0) is 14.4. The summed E-state index contributed by atoms with van der Waals surface area (Å²) in [5, 5.41) is 7.63. The van der Waals surface area contributed by atoms with Crippen LogP contribution < -0.4 is 10.7 Å². The summed E-state index contributed by atoms with van der Waals surface area (Å²) in [5.74, 6) is 0.721. The number of rotatable bonds is 5. The van der Waals surface area contributed by atoms with Crippen molar-refractivity contribution in [1.29, 1.82) is 0 Å². The third kappa shape index (κ3) is 3.75. The van der Waals surface area contributed by atoms with Gasteiger partial charge in [-0.25, -0.2) is 4.98 Å². The number of aromatic nitrogens is 2. The van der Waals surface area contributed by atoms with Crippen LogP contribution in [0, 0.1) is 0 Å². The minimum absolute atomic E-state index is 0.456. The van der Waals surface area contributed by atoms with Gasteiger partial charge in [0.05, 0.1) is 17.6 Å². The summed E-state index contributed by atoms with van der Waals surface area (Å²) in [7, 11) is 1.64. The van der Waals surface area contributed by atoms with Crippen LogP contribution in [0.15, 0.2) is 29.4 Å². The first-order chi connectivity index (χ1) is 9.70. The lowest BCUT2D eigenvalue weighted by molar-refractivity contribution is 0.204. The van der Waals surface area contributed by atoms with Crippen LogP contribution in [0.25, 0.3) is 11.0 Å². The molecule has 20 heavy (non-hydrogen) atoms. The van der Waals surface area contributed by atoms with E-state index in [9.17, 15) is 0 Å². The Hall–Kier alpha value is -1.99. The van der Waals surface area contributed by atoms with Crippen molar-refractivity contribution in [2.45, 2.75) is 6.92 Å². The number of para-hydroxylation sites is 2. The number of ether oxygens (including phenoxy) is 1. The molecule has 6 nitrogen and oxygen atoms in total. The van der Waals surface area contributed by atoms with Gasteiger partial charge >= 0.3 is 0 Å². The molecule has 0 aliphatic rings. The number of hydrazone groups is 1.